The topological polar surface area (TPSA) is 59.1 Å². The van der Waals surface area contributed by atoms with Crippen molar-refractivity contribution >= 4 is 0 Å². The summed E-state index contributed by atoms with van der Waals surface area (Å²) in [6, 6.07) is 0.457. The van der Waals surface area contributed by atoms with E-state index in [0.717, 1.165) is 39.3 Å². The number of aromatic nitrogens is 2. The Morgan fingerprint density at radius 3 is 3.19 bits per heavy atom. The number of rotatable bonds is 4. The second-order valence-electron chi connectivity index (χ2n) is 4.27. The van der Waals surface area contributed by atoms with E-state index < -0.39 is 0 Å². The molecule has 0 bridgehead atoms. The highest BCUT2D eigenvalue weighted by Gasteiger charge is 2.20. The first-order chi connectivity index (χ1) is 7.83. The molecule has 1 aromatic heterocycles. The van der Waals surface area contributed by atoms with Crippen molar-refractivity contribution in [2.24, 2.45) is 5.73 Å². The van der Waals surface area contributed by atoms with Crippen molar-refractivity contribution in [3.05, 3.63) is 18.0 Å². The zero-order chi connectivity index (χ0) is 11.4. The van der Waals surface area contributed by atoms with E-state index >= 15 is 0 Å². The Morgan fingerprint density at radius 2 is 2.50 bits per heavy atom. The number of nitrogens with zero attached hydrogens (tertiary/aromatic N) is 3. The first kappa shape index (κ1) is 11.6. The smallest absolute Gasteiger partial charge is 0.0534 e. The Morgan fingerprint density at radius 1 is 1.62 bits per heavy atom. The van der Waals surface area contributed by atoms with Gasteiger partial charge >= 0.3 is 0 Å². The van der Waals surface area contributed by atoms with E-state index in [0.29, 0.717) is 6.04 Å². The van der Waals surface area contributed by atoms with Crippen LogP contribution < -0.4 is 11.1 Å². The fourth-order valence-electron chi connectivity index (χ4n) is 2.14. The Balaban J connectivity index is 1.96. The fourth-order valence-corrected chi connectivity index (χ4v) is 2.14. The van der Waals surface area contributed by atoms with Gasteiger partial charge in [-0.3, -0.25) is 9.58 Å². The lowest BCUT2D eigenvalue weighted by molar-refractivity contribution is 0.158. The van der Waals surface area contributed by atoms with Gasteiger partial charge in [-0.05, 0) is 6.92 Å². The summed E-state index contributed by atoms with van der Waals surface area (Å²) in [5.41, 5.74) is 7.06. The lowest BCUT2D eigenvalue weighted by Gasteiger charge is -2.35. The summed E-state index contributed by atoms with van der Waals surface area (Å²) in [6.45, 7) is 7.83. The van der Waals surface area contributed by atoms with Gasteiger partial charge in [0.1, 0.15) is 0 Å². The second-order valence-corrected chi connectivity index (χ2v) is 4.27. The molecule has 3 N–H and O–H groups in total. The number of hydrogen-bond donors (Lipinski definition) is 2. The summed E-state index contributed by atoms with van der Waals surface area (Å²) in [5.74, 6) is 0. The zero-order valence-corrected chi connectivity index (χ0v) is 9.89. The van der Waals surface area contributed by atoms with Crippen LogP contribution in [0.5, 0.6) is 0 Å². The average molecular weight is 223 g/mol. The lowest BCUT2D eigenvalue weighted by atomic mass is 10.1. The van der Waals surface area contributed by atoms with E-state index in [2.05, 4.69) is 28.4 Å². The highest BCUT2D eigenvalue weighted by atomic mass is 15.3. The molecule has 0 aromatic carbocycles. The highest BCUT2D eigenvalue weighted by molar-refractivity contribution is 5.04. The van der Waals surface area contributed by atoms with Gasteiger partial charge in [0.05, 0.1) is 6.20 Å². The van der Waals surface area contributed by atoms with Crippen LogP contribution in [-0.2, 0) is 13.1 Å². The van der Waals surface area contributed by atoms with Crippen LogP contribution in [0.2, 0.25) is 0 Å². The van der Waals surface area contributed by atoms with Crippen molar-refractivity contribution in [1.82, 2.24) is 20.0 Å². The first-order valence-electron chi connectivity index (χ1n) is 5.99. The van der Waals surface area contributed by atoms with Crippen molar-refractivity contribution in [3.63, 3.8) is 0 Å². The van der Waals surface area contributed by atoms with Gasteiger partial charge in [0.25, 0.3) is 0 Å². The van der Waals surface area contributed by atoms with Gasteiger partial charge in [0.2, 0.25) is 0 Å². The SMILES string of the molecule is CCn1cc(CN2CCNCC2CN)cn1. The van der Waals surface area contributed by atoms with Crippen molar-refractivity contribution in [1.29, 1.82) is 0 Å². The predicted octanol–water partition coefficient (Wildman–Crippen LogP) is -0.364. The Bertz CT molecular complexity index is 322. The first-order valence-corrected chi connectivity index (χ1v) is 5.99. The minimum Gasteiger partial charge on any atom is -0.329 e. The zero-order valence-electron chi connectivity index (χ0n) is 9.89. The largest absolute Gasteiger partial charge is 0.329 e. The van der Waals surface area contributed by atoms with Gasteiger partial charge in [0, 0.05) is 57.1 Å². The van der Waals surface area contributed by atoms with Gasteiger partial charge in [-0.1, -0.05) is 0 Å². The summed E-state index contributed by atoms with van der Waals surface area (Å²) in [6.07, 6.45) is 4.08. The summed E-state index contributed by atoms with van der Waals surface area (Å²) in [7, 11) is 0. The molecule has 0 radical (unpaired) electrons. The van der Waals surface area contributed by atoms with Crippen LogP contribution in [0, 0.1) is 0 Å². The van der Waals surface area contributed by atoms with Gasteiger partial charge in [-0.2, -0.15) is 5.10 Å². The maximum absolute atomic E-state index is 5.78. The minimum atomic E-state index is 0.457. The number of nitrogens with two attached hydrogens (primary N) is 1. The van der Waals surface area contributed by atoms with E-state index in [1.54, 1.807) is 0 Å². The summed E-state index contributed by atoms with van der Waals surface area (Å²) in [5, 5.41) is 7.67. The molecule has 2 rings (SSSR count). The normalized spacial score (nSPS) is 22.5. The van der Waals surface area contributed by atoms with Gasteiger partial charge in [-0.25, -0.2) is 0 Å². The number of piperazine rings is 1. The number of aryl methyl sites for hydroxylation is 1. The molecule has 0 spiro atoms. The van der Waals surface area contributed by atoms with Crippen molar-refractivity contribution < 1.29 is 0 Å². The third kappa shape index (κ3) is 2.61. The predicted molar refractivity (Wildman–Crippen MR) is 64.0 cm³/mol. The van der Waals surface area contributed by atoms with E-state index in [9.17, 15) is 0 Å². The van der Waals surface area contributed by atoms with Gasteiger partial charge in [-0.15, -0.1) is 0 Å². The summed E-state index contributed by atoms with van der Waals surface area (Å²) >= 11 is 0. The molecule has 1 unspecified atom stereocenters. The summed E-state index contributed by atoms with van der Waals surface area (Å²) in [4.78, 5) is 2.44. The van der Waals surface area contributed by atoms with Gasteiger partial charge < -0.3 is 11.1 Å². The third-order valence-corrected chi connectivity index (χ3v) is 3.14. The van der Waals surface area contributed by atoms with Crippen LogP contribution in [0.1, 0.15) is 12.5 Å². The Labute approximate surface area is 96.6 Å². The van der Waals surface area contributed by atoms with Crippen LogP contribution in [0.25, 0.3) is 0 Å². The molecule has 16 heavy (non-hydrogen) atoms. The molecule has 5 heteroatoms. The maximum Gasteiger partial charge on any atom is 0.0534 e. The molecule has 0 amide bonds. The number of nitrogens with one attached hydrogen (secondary N) is 1. The molecular formula is C11H21N5. The van der Waals surface area contributed by atoms with Crippen LogP contribution in [-0.4, -0.2) is 46.9 Å². The van der Waals surface area contributed by atoms with E-state index in [-0.39, 0.29) is 0 Å². The summed E-state index contributed by atoms with van der Waals surface area (Å²) < 4.78 is 1.97. The molecule has 5 nitrogen and oxygen atoms in total. The van der Waals surface area contributed by atoms with Crippen LogP contribution in [0.3, 0.4) is 0 Å². The third-order valence-electron chi connectivity index (χ3n) is 3.14. The molecule has 1 aliphatic rings. The minimum absolute atomic E-state index is 0.457. The van der Waals surface area contributed by atoms with Crippen molar-refractivity contribution in [2.75, 3.05) is 26.2 Å². The molecule has 1 atom stereocenters. The molecule has 1 saturated heterocycles. The molecule has 1 aromatic rings. The molecule has 0 aliphatic carbocycles. The van der Waals surface area contributed by atoms with Crippen molar-refractivity contribution in [3.8, 4) is 0 Å². The van der Waals surface area contributed by atoms with E-state index in [1.807, 2.05) is 10.9 Å². The van der Waals surface area contributed by atoms with E-state index in [1.165, 1.54) is 5.56 Å². The molecule has 2 heterocycles. The quantitative estimate of drug-likeness (QED) is 0.731. The fraction of sp³-hybridized carbons (Fsp3) is 0.727. The van der Waals surface area contributed by atoms with Gasteiger partial charge in [0.15, 0.2) is 0 Å². The molecular weight excluding hydrogens is 202 g/mol. The molecule has 1 aliphatic heterocycles. The molecule has 90 valence electrons. The molecule has 1 fully saturated rings. The lowest BCUT2D eigenvalue weighted by Crippen LogP contribution is -2.53. The highest BCUT2D eigenvalue weighted by Crippen LogP contribution is 2.09. The molecule has 0 saturated carbocycles. The standard InChI is InChI=1S/C11H21N5/c1-2-16-9-10(6-14-16)8-15-4-3-13-7-11(15)5-12/h6,9,11,13H,2-5,7-8,12H2,1H3. The van der Waals surface area contributed by atoms with E-state index in [4.69, 9.17) is 5.73 Å². The second kappa shape index (κ2) is 5.43. The number of hydrogen-bond acceptors (Lipinski definition) is 4. The maximum atomic E-state index is 5.78. The van der Waals surface area contributed by atoms with Crippen molar-refractivity contribution in [2.45, 2.75) is 26.1 Å². The Kier molecular flexibility index (Phi) is 3.93. The van der Waals surface area contributed by atoms with Crippen LogP contribution in [0.4, 0.5) is 0 Å². The average Bonchev–Trinajstić information content (AvgIpc) is 2.77. The van der Waals surface area contributed by atoms with Crippen LogP contribution in [0.15, 0.2) is 12.4 Å². The monoisotopic (exact) mass is 223 g/mol. The van der Waals surface area contributed by atoms with Crippen LogP contribution >= 0.6 is 0 Å². The Hall–Kier alpha value is -0.910.